The number of carbonyl (C=O) groups is 1. The molecule has 0 aromatic heterocycles. The molecule has 0 heterocycles. The van der Waals surface area contributed by atoms with E-state index in [1.54, 1.807) is 0 Å². The van der Waals surface area contributed by atoms with Crippen LogP contribution in [0.1, 0.15) is 10.4 Å². The molecule has 0 amide bonds. The summed E-state index contributed by atoms with van der Waals surface area (Å²) in [5.41, 5.74) is -0.536. The first-order chi connectivity index (χ1) is 7.94. The molecule has 0 aliphatic heterocycles. The summed E-state index contributed by atoms with van der Waals surface area (Å²) < 4.78 is 43.0. The minimum atomic E-state index is -4.60. The second-order valence-corrected chi connectivity index (χ2v) is 4.31. The first-order valence-electron chi connectivity index (χ1n) is 4.15. The van der Waals surface area contributed by atoms with Gasteiger partial charge in [-0.05, 0) is 12.1 Å². The van der Waals surface area contributed by atoms with Gasteiger partial charge < -0.3 is 4.74 Å². The first-order valence-corrected chi connectivity index (χ1v) is 5.59. The Morgan fingerprint density at radius 1 is 1.47 bits per heavy atom. The number of halogens is 1. The van der Waals surface area contributed by atoms with Gasteiger partial charge in [0.2, 0.25) is 0 Å². The Balaban J connectivity index is 3.63. The van der Waals surface area contributed by atoms with Gasteiger partial charge in [-0.2, -0.15) is 8.42 Å². The second kappa shape index (κ2) is 4.86. The van der Waals surface area contributed by atoms with Crippen molar-refractivity contribution < 1.29 is 27.1 Å². The minimum Gasteiger partial charge on any atom is -0.465 e. The van der Waals surface area contributed by atoms with Crippen molar-refractivity contribution in [3.8, 4) is 0 Å². The number of benzene rings is 1. The normalized spacial score (nSPS) is 10.5. The molecule has 0 unspecified atom stereocenters. The zero-order valence-electron chi connectivity index (χ0n) is 8.51. The Hall–Kier alpha value is -2.05. The van der Waals surface area contributed by atoms with Gasteiger partial charge in [0.15, 0.2) is 0 Å². The summed E-state index contributed by atoms with van der Waals surface area (Å²) in [6.45, 7) is 0. The van der Waals surface area contributed by atoms with E-state index in [2.05, 4.69) is 9.13 Å². The average molecular weight is 259 g/mol. The molecule has 0 saturated heterocycles. The van der Waals surface area contributed by atoms with Gasteiger partial charge in [0.05, 0.1) is 12.7 Å². The number of nitrogens with zero attached hydrogens (tertiary/aromatic N) is 1. The van der Waals surface area contributed by atoms with Gasteiger partial charge in [0, 0.05) is 0 Å². The maximum Gasteiger partial charge on any atom is 0.339 e. The number of methoxy groups -OCH3 is 1. The highest BCUT2D eigenvalue weighted by Gasteiger charge is 2.26. The van der Waals surface area contributed by atoms with Crippen LogP contribution in [0.4, 0.5) is 4.39 Å². The van der Waals surface area contributed by atoms with Crippen molar-refractivity contribution in [1.82, 2.24) is 0 Å². The zero-order chi connectivity index (χ0) is 13.1. The highest BCUT2D eigenvalue weighted by molar-refractivity contribution is 7.90. The van der Waals surface area contributed by atoms with E-state index < -0.39 is 32.3 Å². The van der Waals surface area contributed by atoms with E-state index in [-0.39, 0.29) is 0 Å². The van der Waals surface area contributed by atoms with E-state index in [0.29, 0.717) is 0 Å². The Morgan fingerprint density at radius 3 is 2.65 bits per heavy atom. The molecular formula is C9H6FNO5S. The van der Waals surface area contributed by atoms with E-state index in [0.717, 1.165) is 31.4 Å². The van der Waals surface area contributed by atoms with E-state index in [1.165, 1.54) is 0 Å². The summed E-state index contributed by atoms with van der Waals surface area (Å²) in [6.07, 6.45) is 0.786. The summed E-state index contributed by atoms with van der Waals surface area (Å²) in [6, 6.07) is 2.99. The molecular weight excluding hydrogens is 253 g/mol. The molecule has 0 radical (unpaired) electrons. The summed E-state index contributed by atoms with van der Waals surface area (Å²) in [5, 5.41) is 0. The van der Waals surface area contributed by atoms with E-state index in [9.17, 15) is 22.4 Å². The molecule has 90 valence electrons. The molecule has 17 heavy (non-hydrogen) atoms. The van der Waals surface area contributed by atoms with Gasteiger partial charge in [-0.25, -0.2) is 14.0 Å². The van der Waals surface area contributed by atoms with Crippen molar-refractivity contribution in [2.45, 2.75) is 4.90 Å². The largest absolute Gasteiger partial charge is 0.465 e. The number of hydrogen-bond donors (Lipinski definition) is 0. The summed E-state index contributed by atoms with van der Waals surface area (Å²) >= 11 is 0. The maximum absolute atomic E-state index is 13.4. The number of sulfonamides is 1. The van der Waals surface area contributed by atoms with Crippen LogP contribution in [0.15, 0.2) is 27.5 Å². The molecule has 1 rings (SSSR count). The van der Waals surface area contributed by atoms with Crippen LogP contribution in [0, 0.1) is 5.82 Å². The van der Waals surface area contributed by atoms with Gasteiger partial charge in [0.25, 0.3) is 16.1 Å². The van der Waals surface area contributed by atoms with Crippen LogP contribution in [0.3, 0.4) is 0 Å². The molecule has 1 aromatic carbocycles. The van der Waals surface area contributed by atoms with Crippen LogP contribution in [0.25, 0.3) is 0 Å². The van der Waals surface area contributed by atoms with Gasteiger partial charge in [0.1, 0.15) is 10.7 Å². The second-order valence-electron chi connectivity index (χ2n) is 2.77. The highest BCUT2D eigenvalue weighted by Crippen LogP contribution is 2.22. The van der Waals surface area contributed by atoms with Crippen molar-refractivity contribution in [2.24, 2.45) is 4.40 Å². The number of esters is 1. The van der Waals surface area contributed by atoms with Gasteiger partial charge >= 0.3 is 5.97 Å². The lowest BCUT2D eigenvalue weighted by molar-refractivity contribution is 0.0595. The van der Waals surface area contributed by atoms with Gasteiger partial charge in [-0.1, -0.05) is 10.5 Å². The molecule has 0 bridgehead atoms. The molecule has 6 nitrogen and oxygen atoms in total. The third kappa shape index (κ3) is 2.55. The number of ether oxygens (including phenoxy) is 1. The van der Waals surface area contributed by atoms with Gasteiger partial charge in [-0.15, -0.1) is 0 Å². The van der Waals surface area contributed by atoms with Crippen molar-refractivity contribution in [1.29, 1.82) is 0 Å². The lowest BCUT2D eigenvalue weighted by Gasteiger charge is -2.05. The molecule has 0 aliphatic carbocycles. The number of isocyanates is 1. The van der Waals surface area contributed by atoms with Crippen molar-refractivity contribution in [3.05, 3.63) is 29.6 Å². The maximum atomic E-state index is 13.4. The van der Waals surface area contributed by atoms with E-state index >= 15 is 0 Å². The molecule has 0 atom stereocenters. The molecule has 0 saturated carbocycles. The quantitative estimate of drug-likeness (QED) is 0.451. The Kier molecular flexibility index (Phi) is 3.72. The smallest absolute Gasteiger partial charge is 0.339 e. The monoisotopic (exact) mass is 259 g/mol. The van der Waals surface area contributed by atoms with Crippen LogP contribution in [0.5, 0.6) is 0 Å². The lowest BCUT2D eigenvalue weighted by Crippen LogP contribution is -2.11. The topological polar surface area (TPSA) is 89.9 Å². The van der Waals surface area contributed by atoms with E-state index in [4.69, 9.17) is 0 Å². The minimum absolute atomic E-state index is 0.536. The van der Waals surface area contributed by atoms with Crippen molar-refractivity contribution in [3.63, 3.8) is 0 Å². The number of rotatable bonds is 3. The number of carbonyl (C=O) groups excluding carboxylic acids is 2. The fourth-order valence-electron chi connectivity index (χ4n) is 1.14. The van der Waals surface area contributed by atoms with Crippen LogP contribution >= 0.6 is 0 Å². The summed E-state index contributed by atoms with van der Waals surface area (Å²) in [7, 11) is -3.59. The Morgan fingerprint density at radius 2 is 2.12 bits per heavy atom. The van der Waals surface area contributed by atoms with Crippen molar-refractivity contribution in [2.75, 3.05) is 7.11 Å². The first kappa shape index (κ1) is 13.0. The van der Waals surface area contributed by atoms with Crippen LogP contribution in [-0.2, 0) is 19.6 Å². The summed E-state index contributed by atoms with van der Waals surface area (Å²) in [4.78, 5) is 20.2. The molecule has 1 aromatic rings. The van der Waals surface area contributed by atoms with Gasteiger partial charge in [-0.3, -0.25) is 0 Å². The van der Waals surface area contributed by atoms with Crippen LogP contribution in [-0.4, -0.2) is 27.6 Å². The third-order valence-corrected chi connectivity index (χ3v) is 3.03. The molecule has 8 heteroatoms. The fourth-order valence-corrected chi connectivity index (χ4v) is 2.07. The number of hydrogen-bond acceptors (Lipinski definition) is 5. The fraction of sp³-hybridized carbons (Fsp3) is 0.111. The molecule has 0 fully saturated rings. The molecule has 0 spiro atoms. The molecule has 0 aliphatic rings. The van der Waals surface area contributed by atoms with E-state index in [1.807, 2.05) is 0 Å². The average Bonchev–Trinajstić information content (AvgIpc) is 2.27. The van der Waals surface area contributed by atoms with Crippen LogP contribution < -0.4 is 0 Å². The Labute approximate surface area is 95.8 Å². The predicted molar refractivity (Wildman–Crippen MR) is 53.0 cm³/mol. The molecule has 0 N–H and O–H groups in total. The van der Waals surface area contributed by atoms with Crippen LogP contribution in [0.2, 0.25) is 0 Å². The highest BCUT2D eigenvalue weighted by atomic mass is 32.2. The Bertz CT molecular complexity index is 604. The summed E-state index contributed by atoms with van der Waals surface area (Å²) in [5.74, 6) is -2.25. The zero-order valence-corrected chi connectivity index (χ0v) is 9.32. The standard InChI is InChI=1S/C9H6FNO5S/c1-16-9(13)6-3-2-4-7(10)8(6)17(14,15)11-5-12/h2-4H,1H3. The third-order valence-electron chi connectivity index (χ3n) is 1.79. The lowest BCUT2D eigenvalue weighted by atomic mass is 10.2. The van der Waals surface area contributed by atoms with Crippen molar-refractivity contribution >= 4 is 22.1 Å². The predicted octanol–water partition coefficient (Wildman–Crippen LogP) is 0.637. The SMILES string of the molecule is COC(=O)c1cccc(F)c1S(=O)(=O)N=C=O.